The number of fused-ring (bicyclic) bond motifs is 3. The van der Waals surface area contributed by atoms with Gasteiger partial charge in [0.1, 0.15) is 0 Å². The first-order valence-electron chi connectivity index (χ1n) is 9.29. The molecule has 0 unspecified atom stereocenters. The van der Waals surface area contributed by atoms with Gasteiger partial charge < -0.3 is 4.57 Å². The number of aromatic nitrogens is 3. The van der Waals surface area contributed by atoms with E-state index in [4.69, 9.17) is 0 Å². The van der Waals surface area contributed by atoms with Crippen LogP contribution in [0.3, 0.4) is 0 Å². The van der Waals surface area contributed by atoms with Gasteiger partial charge in [-0.25, -0.2) is 9.38 Å². The molecule has 0 fully saturated rings. The van der Waals surface area contributed by atoms with E-state index in [2.05, 4.69) is 4.98 Å². The van der Waals surface area contributed by atoms with Crippen LogP contribution in [0.25, 0.3) is 27.8 Å². The molecule has 2 aromatic carbocycles. The smallest absolute Gasteiger partial charge is 0.274 e. The first-order valence-corrected chi connectivity index (χ1v) is 10.1. The van der Waals surface area contributed by atoms with E-state index in [1.807, 2.05) is 54.8 Å². The Morgan fingerprint density at radius 1 is 1.10 bits per heavy atom. The molecule has 8 heteroatoms. The zero-order valence-electron chi connectivity index (χ0n) is 16.2. The van der Waals surface area contributed by atoms with Crippen molar-refractivity contribution in [3.8, 4) is 5.69 Å². The predicted molar refractivity (Wildman–Crippen MR) is 118 cm³/mol. The van der Waals surface area contributed by atoms with E-state index >= 15 is 0 Å². The Labute approximate surface area is 174 Å². The van der Waals surface area contributed by atoms with Crippen LogP contribution in [0.1, 0.15) is 17.0 Å². The largest absolute Gasteiger partial charge is 0.318 e. The molecule has 5 aromatic rings. The van der Waals surface area contributed by atoms with Crippen molar-refractivity contribution < 1.29 is 4.92 Å². The molecule has 0 bridgehead atoms. The maximum Gasteiger partial charge on any atom is 0.274 e. The first kappa shape index (κ1) is 18.3. The molecular formula is C22H16N4O3S. The molecular weight excluding hydrogens is 400 g/mol. The lowest BCUT2D eigenvalue weighted by molar-refractivity contribution is -0.384. The number of hydrogen-bond acceptors (Lipinski definition) is 5. The third kappa shape index (κ3) is 2.73. The van der Waals surface area contributed by atoms with E-state index in [0.717, 1.165) is 33.7 Å². The summed E-state index contributed by atoms with van der Waals surface area (Å²) in [6.07, 6.45) is 1.89. The first-order chi connectivity index (χ1) is 14.4. The topological polar surface area (TPSA) is 82.4 Å². The van der Waals surface area contributed by atoms with Gasteiger partial charge in [-0.05, 0) is 55.8 Å². The highest BCUT2D eigenvalue weighted by molar-refractivity contribution is 7.15. The van der Waals surface area contributed by atoms with Crippen LogP contribution in [0.4, 0.5) is 5.69 Å². The minimum Gasteiger partial charge on any atom is -0.318 e. The van der Waals surface area contributed by atoms with Crippen LogP contribution in [0, 0.1) is 24.0 Å². The fraction of sp³-hybridized carbons (Fsp3) is 0.0909. The fourth-order valence-electron chi connectivity index (χ4n) is 3.81. The van der Waals surface area contributed by atoms with Gasteiger partial charge in [0.15, 0.2) is 4.96 Å². The van der Waals surface area contributed by atoms with Crippen LogP contribution in [-0.2, 0) is 0 Å². The molecule has 3 heterocycles. The molecule has 7 nitrogen and oxygen atoms in total. The van der Waals surface area contributed by atoms with Crippen molar-refractivity contribution in [2.45, 2.75) is 13.8 Å². The van der Waals surface area contributed by atoms with Crippen molar-refractivity contribution in [3.05, 3.63) is 96.5 Å². The molecule has 0 saturated carbocycles. The number of rotatable bonds is 3. The number of benzene rings is 2. The minimum absolute atomic E-state index is 0.0538. The normalized spacial score (nSPS) is 12.3. The number of thiazole rings is 1. The van der Waals surface area contributed by atoms with Crippen molar-refractivity contribution in [2.24, 2.45) is 0 Å². The average molecular weight is 416 g/mol. The van der Waals surface area contributed by atoms with Crippen LogP contribution in [-0.4, -0.2) is 18.9 Å². The second-order valence-corrected chi connectivity index (χ2v) is 8.08. The summed E-state index contributed by atoms with van der Waals surface area (Å²) in [5.41, 5.74) is 5.29. The molecule has 0 saturated heterocycles. The highest BCUT2D eigenvalue weighted by Crippen LogP contribution is 2.23. The molecule has 0 amide bonds. The lowest BCUT2D eigenvalue weighted by atomic mass is 10.2. The zero-order valence-corrected chi connectivity index (χ0v) is 17.0. The van der Waals surface area contributed by atoms with E-state index in [9.17, 15) is 14.9 Å². The standard InChI is InChI=1S/C22H16N4O3S/c1-13-11-15(14(2)24(13)16-7-9-17(10-8-16)26(28)29)12-20-21(27)25-19-6-4-3-5-18(19)23-22(25)30-20/h3-12H,1-2H3/b20-12+. The Bertz CT molecular complexity index is 1560. The number of non-ortho nitro benzene ring substituents is 1. The molecule has 0 aliphatic heterocycles. The molecule has 5 rings (SSSR count). The lowest BCUT2D eigenvalue weighted by Crippen LogP contribution is -2.22. The predicted octanol–water partition coefficient (Wildman–Crippen LogP) is 3.77. The van der Waals surface area contributed by atoms with Gasteiger partial charge in [0.05, 0.1) is 20.5 Å². The molecule has 30 heavy (non-hydrogen) atoms. The number of nitro benzene ring substituents is 1. The van der Waals surface area contributed by atoms with E-state index in [-0.39, 0.29) is 11.2 Å². The van der Waals surface area contributed by atoms with Gasteiger partial charge in [-0.3, -0.25) is 14.9 Å². The Balaban J connectivity index is 1.64. The van der Waals surface area contributed by atoms with E-state index in [0.29, 0.717) is 9.49 Å². The SMILES string of the molecule is Cc1cc(/C=c2/sc3nc4ccccc4n3c2=O)c(C)n1-c1ccc([N+](=O)[O-])cc1. The molecule has 0 aliphatic carbocycles. The number of imidazole rings is 1. The monoisotopic (exact) mass is 416 g/mol. The number of hydrogen-bond donors (Lipinski definition) is 0. The number of nitro groups is 1. The van der Waals surface area contributed by atoms with Crippen LogP contribution < -0.4 is 10.1 Å². The highest BCUT2D eigenvalue weighted by atomic mass is 32.1. The quantitative estimate of drug-likeness (QED) is 0.331. The van der Waals surface area contributed by atoms with Crippen LogP contribution >= 0.6 is 11.3 Å². The molecule has 3 aromatic heterocycles. The Morgan fingerprint density at radius 3 is 2.57 bits per heavy atom. The van der Waals surface area contributed by atoms with Crippen LogP contribution in [0.15, 0.2) is 59.4 Å². The molecule has 0 N–H and O–H groups in total. The number of nitrogens with zero attached hydrogens (tertiary/aromatic N) is 4. The van der Waals surface area contributed by atoms with Crippen molar-refractivity contribution in [1.82, 2.24) is 14.0 Å². The van der Waals surface area contributed by atoms with Gasteiger partial charge in [0, 0.05) is 29.2 Å². The maximum atomic E-state index is 13.0. The van der Waals surface area contributed by atoms with Gasteiger partial charge >= 0.3 is 0 Å². The molecule has 0 atom stereocenters. The van der Waals surface area contributed by atoms with Crippen molar-refractivity contribution in [3.63, 3.8) is 0 Å². The van der Waals surface area contributed by atoms with Crippen molar-refractivity contribution in [2.75, 3.05) is 0 Å². The fourth-order valence-corrected chi connectivity index (χ4v) is 4.79. The minimum atomic E-state index is -0.412. The summed E-state index contributed by atoms with van der Waals surface area (Å²) in [5.74, 6) is 0. The van der Waals surface area contributed by atoms with Gasteiger partial charge in [-0.1, -0.05) is 23.5 Å². The average Bonchev–Trinajstić information content (AvgIpc) is 3.33. The Morgan fingerprint density at radius 2 is 1.83 bits per heavy atom. The zero-order chi connectivity index (χ0) is 21.0. The lowest BCUT2D eigenvalue weighted by Gasteiger charge is -2.09. The van der Waals surface area contributed by atoms with Crippen LogP contribution in [0.2, 0.25) is 0 Å². The maximum absolute atomic E-state index is 13.0. The molecule has 0 spiro atoms. The van der Waals surface area contributed by atoms with Crippen molar-refractivity contribution >= 4 is 39.1 Å². The molecule has 0 aliphatic rings. The Hall–Kier alpha value is -3.78. The second kappa shape index (κ2) is 6.64. The summed E-state index contributed by atoms with van der Waals surface area (Å²) in [7, 11) is 0. The van der Waals surface area contributed by atoms with Gasteiger partial charge in [-0.15, -0.1) is 0 Å². The van der Waals surface area contributed by atoms with E-state index < -0.39 is 4.92 Å². The summed E-state index contributed by atoms with van der Waals surface area (Å²) in [6.45, 7) is 3.94. The summed E-state index contributed by atoms with van der Waals surface area (Å²) in [4.78, 5) is 28.7. The van der Waals surface area contributed by atoms with Gasteiger partial charge in [-0.2, -0.15) is 0 Å². The van der Waals surface area contributed by atoms with E-state index in [1.54, 1.807) is 16.5 Å². The number of aryl methyl sites for hydroxylation is 1. The summed E-state index contributed by atoms with van der Waals surface area (Å²) in [6, 6.07) is 16.1. The Kier molecular flexibility index (Phi) is 4.04. The van der Waals surface area contributed by atoms with E-state index in [1.165, 1.54) is 23.5 Å². The van der Waals surface area contributed by atoms with Crippen LogP contribution in [0.5, 0.6) is 0 Å². The third-order valence-corrected chi connectivity index (χ3v) is 6.19. The van der Waals surface area contributed by atoms with Gasteiger partial charge in [0.2, 0.25) is 0 Å². The second-order valence-electron chi connectivity index (χ2n) is 7.07. The third-order valence-electron chi connectivity index (χ3n) is 5.22. The van der Waals surface area contributed by atoms with Crippen molar-refractivity contribution in [1.29, 1.82) is 0 Å². The number of para-hydroxylation sites is 2. The summed E-state index contributed by atoms with van der Waals surface area (Å²) >= 11 is 1.37. The van der Waals surface area contributed by atoms with Gasteiger partial charge in [0.25, 0.3) is 11.2 Å². The molecule has 0 radical (unpaired) electrons. The summed E-state index contributed by atoms with van der Waals surface area (Å²) in [5, 5.41) is 10.9. The molecule has 148 valence electrons. The summed E-state index contributed by atoms with van der Waals surface area (Å²) < 4.78 is 4.29. The highest BCUT2D eigenvalue weighted by Gasteiger charge is 2.14.